The second kappa shape index (κ2) is 10.0. The normalized spacial score (nSPS) is 15.6. The Morgan fingerprint density at radius 1 is 1.11 bits per heavy atom. The molecule has 4 heterocycles. The molecule has 3 aromatic heterocycles. The number of amides is 1. The fraction of sp³-hybridized carbons (Fsp3) is 0.458. The number of nitrogens with zero attached hydrogens (tertiary/aromatic N) is 6. The van der Waals surface area contributed by atoms with E-state index in [1.54, 1.807) is 17.1 Å². The van der Waals surface area contributed by atoms with Crippen molar-refractivity contribution in [1.82, 2.24) is 24.7 Å². The first-order valence-electron chi connectivity index (χ1n) is 11.0. The molecule has 1 aliphatic rings. The molecule has 1 N–H and O–H groups in total. The summed E-state index contributed by atoms with van der Waals surface area (Å²) in [7, 11) is 1.87. The van der Waals surface area contributed by atoms with Crippen molar-refractivity contribution < 1.29 is 18.0 Å². The molecule has 3 aromatic rings. The number of pyridine rings is 1. The van der Waals surface area contributed by atoms with Crippen molar-refractivity contribution in [3.63, 3.8) is 0 Å². The Labute approximate surface area is 202 Å². The van der Waals surface area contributed by atoms with Gasteiger partial charge in [0.15, 0.2) is 5.82 Å². The maximum atomic E-state index is 12.9. The Kier molecular flexibility index (Phi) is 7.47. The minimum atomic E-state index is -4.43. The summed E-state index contributed by atoms with van der Waals surface area (Å²) in [4.78, 5) is 27.3. The smallest absolute Gasteiger partial charge is 0.346 e. The van der Waals surface area contributed by atoms with Crippen LogP contribution in [0, 0.1) is 12.8 Å². The number of aryl methyl sites for hydroxylation is 3. The van der Waals surface area contributed by atoms with Crippen LogP contribution in [-0.4, -0.2) is 43.7 Å². The van der Waals surface area contributed by atoms with Gasteiger partial charge in [0, 0.05) is 32.1 Å². The summed E-state index contributed by atoms with van der Waals surface area (Å²) in [6.45, 7) is 6.02. The highest BCUT2D eigenvalue weighted by atomic mass is 19.4. The topological polar surface area (TPSA) is 88.8 Å². The minimum absolute atomic E-state index is 0. The molecule has 1 aliphatic heterocycles. The Morgan fingerprint density at radius 2 is 1.86 bits per heavy atom. The molecule has 0 fully saturated rings. The van der Waals surface area contributed by atoms with Gasteiger partial charge in [-0.05, 0) is 36.5 Å². The van der Waals surface area contributed by atoms with E-state index in [4.69, 9.17) is 4.98 Å². The highest BCUT2D eigenvalue weighted by Gasteiger charge is 2.35. The average Bonchev–Trinajstić information content (AvgIpc) is 3.20. The van der Waals surface area contributed by atoms with Crippen LogP contribution in [-0.2, 0) is 30.4 Å². The van der Waals surface area contributed by atoms with Gasteiger partial charge in [0.25, 0.3) is 0 Å². The molecule has 0 spiro atoms. The van der Waals surface area contributed by atoms with Gasteiger partial charge in [-0.2, -0.15) is 18.3 Å². The lowest BCUT2D eigenvalue weighted by molar-refractivity contribution is -0.137. The number of carbonyl (C=O) groups is 1. The second-order valence-electron chi connectivity index (χ2n) is 8.84. The van der Waals surface area contributed by atoms with Crippen LogP contribution in [0.1, 0.15) is 49.5 Å². The van der Waals surface area contributed by atoms with Gasteiger partial charge in [-0.1, -0.05) is 21.3 Å². The summed E-state index contributed by atoms with van der Waals surface area (Å²) < 4.78 is 40.3. The van der Waals surface area contributed by atoms with Crippen LogP contribution in [0.3, 0.4) is 0 Å². The van der Waals surface area contributed by atoms with Crippen molar-refractivity contribution in [2.24, 2.45) is 5.92 Å². The summed E-state index contributed by atoms with van der Waals surface area (Å²) >= 11 is 0. The Hall–Kier alpha value is -3.50. The van der Waals surface area contributed by atoms with E-state index in [0.29, 0.717) is 41.4 Å². The molecular formula is C24H30F3N7O. The maximum absolute atomic E-state index is 12.9. The van der Waals surface area contributed by atoms with Gasteiger partial charge < -0.3 is 10.2 Å². The third-order valence-corrected chi connectivity index (χ3v) is 5.81. The molecule has 0 saturated heterocycles. The van der Waals surface area contributed by atoms with Crippen molar-refractivity contribution in [1.29, 1.82) is 0 Å². The first-order valence-corrected chi connectivity index (χ1v) is 11.0. The van der Waals surface area contributed by atoms with Crippen molar-refractivity contribution in [2.45, 2.75) is 59.8 Å². The molecule has 0 aliphatic carbocycles. The molecule has 11 heteroatoms. The van der Waals surface area contributed by atoms with Gasteiger partial charge in [-0.15, -0.1) is 0 Å². The summed E-state index contributed by atoms with van der Waals surface area (Å²) in [5, 5.41) is 7.20. The van der Waals surface area contributed by atoms with E-state index in [2.05, 4.69) is 20.4 Å². The Morgan fingerprint density at radius 3 is 2.54 bits per heavy atom. The number of fused-ring (bicyclic) bond motifs is 1. The molecule has 0 aromatic carbocycles. The lowest BCUT2D eigenvalue weighted by Crippen LogP contribution is -2.49. The number of nitrogens with one attached hydrogen (secondary N) is 1. The second-order valence-corrected chi connectivity index (χ2v) is 8.84. The van der Waals surface area contributed by atoms with Crippen molar-refractivity contribution >= 4 is 17.4 Å². The number of alkyl halides is 3. The SMILES string of the molecule is C.Cc1nc(CCc2cnn(Cc3cncc(C(F)(F)F)c3)c2)nc2c1NC(=O)[C@H](C(C)C)N2C. The van der Waals surface area contributed by atoms with E-state index >= 15 is 0 Å². The molecule has 1 amide bonds. The molecule has 8 nitrogen and oxygen atoms in total. The molecule has 0 bridgehead atoms. The van der Waals surface area contributed by atoms with Crippen molar-refractivity contribution in [3.8, 4) is 0 Å². The van der Waals surface area contributed by atoms with Crippen LogP contribution < -0.4 is 10.2 Å². The van der Waals surface area contributed by atoms with Crippen LogP contribution >= 0.6 is 0 Å². The number of rotatable bonds is 6. The largest absolute Gasteiger partial charge is 0.417 e. The molecule has 0 unspecified atom stereocenters. The summed E-state index contributed by atoms with van der Waals surface area (Å²) in [5.41, 5.74) is 1.90. The Balaban J connectivity index is 0.00000342. The van der Waals surface area contributed by atoms with E-state index in [0.717, 1.165) is 17.8 Å². The highest BCUT2D eigenvalue weighted by Crippen LogP contribution is 2.33. The predicted octanol–water partition coefficient (Wildman–Crippen LogP) is 4.28. The summed E-state index contributed by atoms with van der Waals surface area (Å²) in [5.74, 6) is 1.41. The zero-order valence-electron chi connectivity index (χ0n) is 19.4. The maximum Gasteiger partial charge on any atom is 0.417 e. The number of hydrogen-bond donors (Lipinski definition) is 1. The minimum Gasteiger partial charge on any atom is -0.346 e. The van der Waals surface area contributed by atoms with Crippen molar-refractivity contribution in [3.05, 3.63) is 59.1 Å². The number of anilines is 2. The first kappa shape index (κ1) is 26.1. The zero-order chi connectivity index (χ0) is 24.6. The Bertz CT molecular complexity index is 1210. The van der Waals surface area contributed by atoms with Crippen LogP contribution in [0.25, 0.3) is 0 Å². The molecule has 35 heavy (non-hydrogen) atoms. The van der Waals surface area contributed by atoms with Gasteiger partial charge in [0.05, 0.1) is 24.0 Å². The molecule has 0 radical (unpaired) electrons. The summed E-state index contributed by atoms with van der Waals surface area (Å²) in [6.07, 6.45) is 2.43. The first-order chi connectivity index (χ1) is 16.0. The summed E-state index contributed by atoms with van der Waals surface area (Å²) in [6, 6.07) is 0.774. The third-order valence-electron chi connectivity index (χ3n) is 5.81. The number of likely N-dealkylation sites (N-methyl/N-ethyl adjacent to an activating group) is 1. The molecule has 188 valence electrons. The highest BCUT2D eigenvalue weighted by molar-refractivity contribution is 6.03. The average molecular weight is 490 g/mol. The van der Waals surface area contributed by atoms with E-state index in [1.807, 2.05) is 32.7 Å². The molecule has 0 saturated carbocycles. The fourth-order valence-electron chi connectivity index (χ4n) is 4.18. The molecular weight excluding hydrogens is 459 g/mol. The number of halogens is 3. The van der Waals surface area contributed by atoms with Crippen LogP contribution in [0.4, 0.5) is 24.7 Å². The van der Waals surface area contributed by atoms with E-state index in [-0.39, 0.29) is 31.8 Å². The molecule has 1 atom stereocenters. The molecule has 4 rings (SSSR count). The van der Waals surface area contributed by atoms with E-state index < -0.39 is 11.7 Å². The van der Waals surface area contributed by atoms with Gasteiger partial charge in [-0.25, -0.2) is 9.97 Å². The monoisotopic (exact) mass is 489 g/mol. The third kappa shape index (κ3) is 5.60. The number of carbonyl (C=O) groups excluding carboxylic acids is 1. The standard InChI is InChI=1S/C23H26F3N7O.CH4/c1-13(2)20-22(34)31-19-14(3)29-18(30-21(19)32(20)4)6-5-15-9-28-33(11-15)12-16-7-17(10-27-8-16)23(24,25)26;/h7-11,13,20H,5-6,12H2,1-4H3,(H,31,34);1H4/t20-;/m0./s1. The van der Waals surface area contributed by atoms with Gasteiger partial charge in [0.2, 0.25) is 5.91 Å². The quantitative estimate of drug-likeness (QED) is 0.556. The van der Waals surface area contributed by atoms with Crippen LogP contribution in [0.2, 0.25) is 0 Å². The predicted molar refractivity (Wildman–Crippen MR) is 127 cm³/mol. The van der Waals surface area contributed by atoms with Crippen LogP contribution in [0.15, 0.2) is 30.9 Å². The zero-order valence-corrected chi connectivity index (χ0v) is 19.4. The van der Waals surface area contributed by atoms with Crippen LogP contribution in [0.5, 0.6) is 0 Å². The lowest BCUT2D eigenvalue weighted by atomic mass is 9.99. The van der Waals surface area contributed by atoms with Gasteiger partial charge >= 0.3 is 6.18 Å². The van der Waals surface area contributed by atoms with Crippen molar-refractivity contribution in [2.75, 3.05) is 17.3 Å². The van der Waals surface area contributed by atoms with E-state index in [1.165, 1.54) is 6.20 Å². The van der Waals surface area contributed by atoms with Gasteiger partial charge in [0.1, 0.15) is 17.6 Å². The van der Waals surface area contributed by atoms with Gasteiger partial charge in [-0.3, -0.25) is 14.5 Å². The fourth-order valence-corrected chi connectivity index (χ4v) is 4.18. The number of aromatic nitrogens is 5. The lowest BCUT2D eigenvalue weighted by Gasteiger charge is -2.36. The van der Waals surface area contributed by atoms with E-state index in [9.17, 15) is 18.0 Å². The number of hydrogen-bond acceptors (Lipinski definition) is 6.